The Labute approximate surface area is 74.9 Å². The summed E-state index contributed by atoms with van der Waals surface area (Å²) in [4.78, 5) is 0. The number of hydrogen-bond donors (Lipinski definition) is 1. The van der Waals surface area contributed by atoms with Crippen molar-refractivity contribution in [2.24, 2.45) is 5.73 Å². The van der Waals surface area contributed by atoms with E-state index in [-0.39, 0.29) is 6.04 Å². The molecule has 2 N–H and O–H groups in total. The van der Waals surface area contributed by atoms with Crippen LogP contribution in [-0.2, 0) is 0 Å². The fraction of sp³-hybridized carbons (Fsp3) is 0.500. The summed E-state index contributed by atoms with van der Waals surface area (Å²) >= 11 is 3.29. The van der Waals surface area contributed by atoms with Crippen LogP contribution in [0, 0.1) is 0 Å². The van der Waals surface area contributed by atoms with Crippen LogP contribution in [0.2, 0.25) is 0 Å². The minimum Gasteiger partial charge on any atom is -0.457 e. The van der Waals surface area contributed by atoms with Crippen molar-refractivity contribution in [1.29, 1.82) is 0 Å². The van der Waals surface area contributed by atoms with E-state index in [1.807, 2.05) is 6.07 Å². The zero-order valence-electron chi connectivity index (χ0n) is 6.51. The predicted octanol–water partition coefficient (Wildman–Crippen LogP) is 2.84. The van der Waals surface area contributed by atoms with E-state index in [2.05, 4.69) is 22.9 Å². The van der Waals surface area contributed by atoms with Crippen LogP contribution < -0.4 is 5.73 Å². The number of furan rings is 1. The molecular weight excluding hydrogens is 206 g/mol. The lowest BCUT2D eigenvalue weighted by Crippen LogP contribution is -2.08. The zero-order valence-corrected chi connectivity index (χ0v) is 8.10. The maximum Gasteiger partial charge on any atom is 0.173 e. The van der Waals surface area contributed by atoms with E-state index in [0.29, 0.717) is 0 Å². The Hall–Kier alpha value is -0.280. The second kappa shape index (κ2) is 3.93. The summed E-state index contributed by atoms with van der Waals surface area (Å²) in [6, 6.07) is 2.01. The second-order valence-corrected chi connectivity index (χ2v) is 3.27. The lowest BCUT2D eigenvalue weighted by molar-refractivity contribution is 0.526. The molecule has 62 valence electrons. The normalized spacial score (nSPS) is 13.4. The summed E-state index contributed by atoms with van der Waals surface area (Å²) in [5.41, 5.74) is 6.92. The Morgan fingerprint density at radius 3 is 2.91 bits per heavy atom. The van der Waals surface area contributed by atoms with Crippen LogP contribution >= 0.6 is 15.9 Å². The van der Waals surface area contributed by atoms with Gasteiger partial charge in [-0.2, -0.15) is 0 Å². The summed E-state index contributed by atoms with van der Waals surface area (Å²) in [7, 11) is 0. The highest BCUT2D eigenvalue weighted by Gasteiger charge is 2.10. The lowest BCUT2D eigenvalue weighted by atomic mass is 10.1. The molecule has 0 amide bonds. The third-order valence-electron chi connectivity index (χ3n) is 1.65. The van der Waals surface area contributed by atoms with Crippen molar-refractivity contribution in [3.05, 3.63) is 22.6 Å². The smallest absolute Gasteiger partial charge is 0.173 e. The molecule has 1 atom stereocenters. The van der Waals surface area contributed by atoms with Crippen molar-refractivity contribution in [3.63, 3.8) is 0 Å². The Morgan fingerprint density at radius 1 is 1.73 bits per heavy atom. The molecule has 0 fully saturated rings. The summed E-state index contributed by atoms with van der Waals surface area (Å²) in [5.74, 6) is 0. The van der Waals surface area contributed by atoms with Gasteiger partial charge in [0, 0.05) is 11.6 Å². The van der Waals surface area contributed by atoms with Crippen molar-refractivity contribution in [3.8, 4) is 0 Å². The van der Waals surface area contributed by atoms with E-state index < -0.39 is 0 Å². The Bertz CT molecular complexity index is 222. The zero-order chi connectivity index (χ0) is 8.27. The molecule has 0 spiro atoms. The number of rotatable bonds is 3. The lowest BCUT2D eigenvalue weighted by Gasteiger charge is -2.06. The van der Waals surface area contributed by atoms with Crippen molar-refractivity contribution < 1.29 is 4.42 Å². The molecule has 0 saturated carbocycles. The highest BCUT2D eigenvalue weighted by molar-refractivity contribution is 9.10. The molecule has 0 radical (unpaired) electrons. The van der Waals surface area contributed by atoms with Gasteiger partial charge in [0.05, 0.1) is 6.26 Å². The first-order valence-corrected chi connectivity index (χ1v) is 4.53. The maximum absolute atomic E-state index is 5.86. The molecule has 0 aromatic carbocycles. The van der Waals surface area contributed by atoms with E-state index in [9.17, 15) is 0 Å². The highest BCUT2D eigenvalue weighted by atomic mass is 79.9. The first-order valence-electron chi connectivity index (χ1n) is 3.74. The van der Waals surface area contributed by atoms with E-state index in [1.54, 1.807) is 6.26 Å². The molecule has 0 saturated heterocycles. The highest BCUT2D eigenvalue weighted by Crippen LogP contribution is 2.25. The largest absolute Gasteiger partial charge is 0.457 e. The molecular formula is C8H12BrNO. The number of nitrogens with two attached hydrogens (primary N) is 1. The predicted molar refractivity (Wildman–Crippen MR) is 48.2 cm³/mol. The minimum absolute atomic E-state index is 0.105. The van der Waals surface area contributed by atoms with E-state index in [4.69, 9.17) is 10.2 Å². The average Bonchev–Trinajstić information content (AvgIpc) is 2.36. The fourth-order valence-electron chi connectivity index (χ4n) is 1.04. The van der Waals surface area contributed by atoms with Gasteiger partial charge in [-0.25, -0.2) is 0 Å². The van der Waals surface area contributed by atoms with Crippen LogP contribution in [0.25, 0.3) is 0 Å². The molecule has 2 nitrogen and oxygen atoms in total. The van der Waals surface area contributed by atoms with Crippen molar-refractivity contribution >= 4 is 15.9 Å². The molecule has 1 unspecified atom stereocenters. The second-order valence-electron chi connectivity index (χ2n) is 2.54. The Morgan fingerprint density at radius 2 is 2.45 bits per heavy atom. The first kappa shape index (κ1) is 8.81. The summed E-state index contributed by atoms with van der Waals surface area (Å²) in [6.45, 7) is 2.12. The standard InChI is InChI=1S/C8H12BrNO/c1-2-3-7(10)6-4-5-11-8(6)9/h4-5,7H,2-3,10H2,1H3. The monoisotopic (exact) mass is 217 g/mol. The fourth-order valence-corrected chi connectivity index (χ4v) is 1.57. The van der Waals surface area contributed by atoms with Gasteiger partial charge in [-0.05, 0) is 28.4 Å². The van der Waals surface area contributed by atoms with Crippen LogP contribution in [0.4, 0.5) is 0 Å². The SMILES string of the molecule is CCCC(N)c1ccoc1Br. The van der Waals surface area contributed by atoms with E-state index >= 15 is 0 Å². The molecule has 1 aromatic rings. The summed E-state index contributed by atoms with van der Waals surface area (Å²) in [6.07, 6.45) is 3.74. The average molecular weight is 218 g/mol. The van der Waals surface area contributed by atoms with Crippen LogP contribution in [0.1, 0.15) is 31.4 Å². The molecule has 11 heavy (non-hydrogen) atoms. The molecule has 3 heteroatoms. The molecule has 0 bridgehead atoms. The number of halogens is 1. The van der Waals surface area contributed by atoms with Gasteiger partial charge in [-0.15, -0.1) is 0 Å². The molecule has 1 heterocycles. The molecule has 1 aromatic heterocycles. The van der Waals surface area contributed by atoms with Gasteiger partial charge < -0.3 is 10.2 Å². The quantitative estimate of drug-likeness (QED) is 0.847. The van der Waals surface area contributed by atoms with Gasteiger partial charge in [-0.3, -0.25) is 0 Å². The molecule has 0 aliphatic carbocycles. The van der Waals surface area contributed by atoms with E-state index in [0.717, 1.165) is 23.1 Å². The van der Waals surface area contributed by atoms with E-state index in [1.165, 1.54) is 0 Å². The summed E-state index contributed by atoms with van der Waals surface area (Å²) in [5, 5.41) is 0. The topological polar surface area (TPSA) is 39.2 Å². The van der Waals surface area contributed by atoms with Crippen LogP contribution in [0.15, 0.2) is 21.4 Å². The molecule has 0 aliphatic rings. The minimum atomic E-state index is 0.105. The van der Waals surface area contributed by atoms with Crippen LogP contribution in [-0.4, -0.2) is 0 Å². The number of hydrogen-bond acceptors (Lipinski definition) is 2. The van der Waals surface area contributed by atoms with Gasteiger partial charge in [0.2, 0.25) is 0 Å². The van der Waals surface area contributed by atoms with Crippen LogP contribution in [0.3, 0.4) is 0 Å². The molecule has 1 rings (SSSR count). The Balaban J connectivity index is 2.67. The van der Waals surface area contributed by atoms with Gasteiger partial charge in [0.25, 0.3) is 0 Å². The summed E-state index contributed by atoms with van der Waals surface area (Å²) < 4.78 is 5.83. The Kier molecular flexibility index (Phi) is 3.15. The van der Waals surface area contributed by atoms with Crippen molar-refractivity contribution in [2.45, 2.75) is 25.8 Å². The van der Waals surface area contributed by atoms with Crippen molar-refractivity contribution in [2.75, 3.05) is 0 Å². The maximum atomic E-state index is 5.86. The van der Waals surface area contributed by atoms with Gasteiger partial charge >= 0.3 is 0 Å². The van der Waals surface area contributed by atoms with Gasteiger partial charge in [0.15, 0.2) is 4.67 Å². The van der Waals surface area contributed by atoms with Crippen molar-refractivity contribution in [1.82, 2.24) is 0 Å². The third kappa shape index (κ3) is 2.07. The van der Waals surface area contributed by atoms with Gasteiger partial charge in [-0.1, -0.05) is 13.3 Å². The third-order valence-corrected chi connectivity index (χ3v) is 2.29. The molecule has 0 aliphatic heterocycles. The van der Waals surface area contributed by atoms with Gasteiger partial charge in [0.1, 0.15) is 0 Å². The van der Waals surface area contributed by atoms with Crippen LogP contribution in [0.5, 0.6) is 0 Å². The first-order chi connectivity index (χ1) is 5.25.